The quantitative estimate of drug-likeness (QED) is 0.493. The second-order valence-corrected chi connectivity index (χ2v) is 9.78. The Morgan fingerprint density at radius 3 is 2.61 bits per heavy atom. The molecule has 0 bridgehead atoms. The molecule has 168 valence electrons. The Kier molecular flexibility index (Phi) is 5.53. The number of hydrogen-bond acceptors (Lipinski definition) is 5. The zero-order chi connectivity index (χ0) is 22.7. The van der Waals surface area contributed by atoms with Crippen molar-refractivity contribution in [2.75, 3.05) is 6.61 Å². The summed E-state index contributed by atoms with van der Waals surface area (Å²) in [6.07, 6.45) is -1.44. The Hall–Kier alpha value is -2.15. The van der Waals surface area contributed by atoms with Gasteiger partial charge in [-0.2, -0.15) is 0 Å². The molecule has 0 N–H and O–H groups in total. The maximum atomic E-state index is 13.4. The van der Waals surface area contributed by atoms with E-state index >= 15 is 0 Å². The van der Waals surface area contributed by atoms with Crippen molar-refractivity contribution < 1.29 is 27.8 Å². The summed E-state index contributed by atoms with van der Waals surface area (Å²) >= 11 is 6.43. The van der Waals surface area contributed by atoms with E-state index in [-0.39, 0.29) is 53.3 Å². The van der Waals surface area contributed by atoms with Crippen LogP contribution in [0.4, 0.5) is 8.78 Å². The lowest BCUT2D eigenvalue weighted by Crippen LogP contribution is -2.50. The molecule has 5 nitrogen and oxygen atoms in total. The highest BCUT2D eigenvalue weighted by Crippen LogP contribution is 2.50. The molecule has 4 rings (SSSR count). The zero-order valence-corrected chi connectivity index (χ0v) is 18.8. The van der Waals surface area contributed by atoms with Crippen molar-refractivity contribution in [3.63, 3.8) is 0 Å². The molecule has 0 spiro atoms. The molecule has 3 aliphatic heterocycles. The molecule has 1 aromatic carbocycles. The third-order valence-electron chi connectivity index (χ3n) is 6.37. The molecule has 3 unspecified atom stereocenters. The van der Waals surface area contributed by atoms with E-state index in [1.54, 1.807) is 19.2 Å². The van der Waals surface area contributed by atoms with E-state index in [0.29, 0.717) is 17.7 Å². The first kappa shape index (κ1) is 22.1. The first-order chi connectivity index (χ1) is 14.5. The average Bonchev–Trinajstić information content (AvgIpc) is 3.13. The molecule has 0 radical (unpaired) electrons. The molecule has 0 saturated carbocycles. The summed E-state index contributed by atoms with van der Waals surface area (Å²) in [4.78, 5) is 27.2. The number of alkyl halides is 2. The summed E-state index contributed by atoms with van der Waals surface area (Å²) in [5.41, 5.74) is 2.33. The van der Waals surface area contributed by atoms with E-state index in [1.165, 1.54) is 0 Å². The predicted octanol–water partition coefficient (Wildman–Crippen LogP) is 4.64. The molecule has 31 heavy (non-hydrogen) atoms. The number of hydrogen-bond donors (Lipinski definition) is 0. The van der Waals surface area contributed by atoms with Gasteiger partial charge in [0.05, 0.1) is 17.7 Å². The van der Waals surface area contributed by atoms with Crippen LogP contribution >= 0.6 is 11.6 Å². The van der Waals surface area contributed by atoms with E-state index < -0.39 is 18.5 Å². The summed E-state index contributed by atoms with van der Waals surface area (Å²) in [5.74, 6) is -0.583. The fourth-order valence-corrected chi connectivity index (χ4v) is 5.14. The Morgan fingerprint density at radius 2 is 2.00 bits per heavy atom. The van der Waals surface area contributed by atoms with Crippen molar-refractivity contribution in [1.82, 2.24) is 4.90 Å². The number of benzene rings is 1. The fraction of sp³-hybridized carbons (Fsp3) is 0.565. The number of fused-ring (bicyclic) bond motifs is 5. The summed E-state index contributed by atoms with van der Waals surface area (Å²) in [5, 5.41) is 0.277. The van der Waals surface area contributed by atoms with Gasteiger partial charge in [0, 0.05) is 30.6 Å². The van der Waals surface area contributed by atoms with Crippen LogP contribution in [0.1, 0.15) is 56.8 Å². The van der Waals surface area contributed by atoms with E-state index in [1.807, 2.05) is 0 Å². The predicted molar refractivity (Wildman–Crippen MR) is 111 cm³/mol. The largest absolute Gasteiger partial charge is 0.482 e. The van der Waals surface area contributed by atoms with Gasteiger partial charge >= 0.3 is 5.97 Å². The molecule has 3 heterocycles. The normalized spacial score (nSPS) is 24.9. The van der Waals surface area contributed by atoms with Gasteiger partial charge in [-0.05, 0) is 36.0 Å². The van der Waals surface area contributed by atoms with Gasteiger partial charge in [-0.15, -0.1) is 0 Å². The number of nitrogens with zero attached hydrogens (tertiary/aromatic N) is 1. The SMILES string of the molecule is CCOC(=O)C1=CN2C(CC1=O)c1cc(Cl)c3c(c1CC2C(C)(C)C)CC(C(F)F)O3. The minimum absolute atomic E-state index is 0.0455. The minimum Gasteiger partial charge on any atom is -0.482 e. The van der Waals surface area contributed by atoms with E-state index in [0.717, 1.165) is 11.1 Å². The first-order valence-electron chi connectivity index (χ1n) is 10.5. The third-order valence-corrected chi connectivity index (χ3v) is 6.65. The number of halogens is 3. The lowest BCUT2D eigenvalue weighted by Gasteiger charge is -2.50. The van der Waals surface area contributed by atoms with Crippen molar-refractivity contribution in [3.8, 4) is 5.75 Å². The molecule has 3 atom stereocenters. The number of ether oxygens (including phenoxy) is 2. The molecule has 1 aromatic rings. The number of carbonyl (C=O) groups is 2. The Balaban J connectivity index is 1.84. The average molecular weight is 454 g/mol. The molecule has 3 aliphatic rings. The number of ketones is 1. The maximum Gasteiger partial charge on any atom is 0.343 e. The smallest absolute Gasteiger partial charge is 0.343 e. The summed E-state index contributed by atoms with van der Waals surface area (Å²) in [7, 11) is 0. The molecule has 0 aromatic heterocycles. The van der Waals surface area contributed by atoms with Gasteiger partial charge in [-0.1, -0.05) is 32.4 Å². The van der Waals surface area contributed by atoms with Gasteiger partial charge in [-0.3, -0.25) is 4.79 Å². The number of carbonyl (C=O) groups excluding carboxylic acids is 2. The van der Waals surface area contributed by atoms with Gasteiger partial charge in [0.2, 0.25) is 0 Å². The second kappa shape index (κ2) is 7.76. The molecule has 0 fully saturated rings. The number of Topliss-reactive ketones (excluding diaryl/α,β-unsaturated/α-hetero) is 1. The molecular weight excluding hydrogens is 428 g/mol. The van der Waals surface area contributed by atoms with Crippen LogP contribution in [-0.2, 0) is 27.2 Å². The van der Waals surface area contributed by atoms with Crippen LogP contribution in [0.5, 0.6) is 5.75 Å². The molecule has 0 amide bonds. The summed E-state index contributed by atoms with van der Waals surface area (Å²) in [6.45, 7) is 8.14. The molecule has 8 heteroatoms. The minimum atomic E-state index is -2.61. The van der Waals surface area contributed by atoms with Crippen LogP contribution in [0.2, 0.25) is 5.02 Å². The van der Waals surface area contributed by atoms with Crippen LogP contribution in [-0.4, -0.2) is 41.8 Å². The first-order valence-corrected chi connectivity index (χ1v) is 10.9. The van der Waals surface area contributed by atoms with Gasteiger partial charge in [0.25, 0.3) is 6.43 Å². The van der Waals surface area contributed by atoms with Crippen LogP contribution in [0, 0.1) is 5.41 Å². The summed E-state index contributed by atoms with van der Waals surface area (Å²) < 4.78 is 37.3. The van der Waals surface area contributed by atoms with E-state index in [9.17, 15) is 18.4 Å². The van der Waals surface area contributed by atoms with Crippen LogP contribution in [0.15, 0.2) is 17.8 Å². The molecular formula is C23H26ClF2NO4. The number of rotatable bonds is 3. The lowest BCUT2D eigenvalue weighted by atomic mass is 9.73. The van der Waals surface area contributed by atoms with Gasteiger partial charge < -0.3 is 14.4 Å². The highest BCUT2D eigenvalue weighted by molar-refractivity contribution is 6.32. The molecule has 0 aliphatic carbocycles. The van der Waals surface area contributed by atoms with E-state index in [4.69, 9.17) is 21.1 Å². The van der Waals surface area contributed by atoms with E-state index in [2.05, 4.69) is 25.7 Å². The van der Waals surface area contributed by atoms with Crippen LogP contribution in [0.25, 0.3) is 0 Å². The monoisotopic (exact) mass is 453 g/mol. The number of esters is 1. The Bertz CT molecular complexity index is 969. The summed E-state index contributed by atoms with van der Waals surface area (Å²) in [6, 6.07) is 1.35. The van der Waals surface area contributed by atoms with Gasteiger partial charge in [0.15, 0.2) is 11.9 Å². The third kappa shape index (κ3) is 3.71. The van der Waals surface area contributed by atoms with Crippen LogP contribution < -0.4 is 4.74 Å². The van der Waals surface area contributed by atoms with Crippen molar-refractivity contribution in [2.45, 2.75) is 71.6 Å². The zero-order valence-electron chi connectivity index (χ0n) is 18.0. The van der Waals surface area contributed by atoms with Gasteiger partial charge in [0.1, 0.15) is 11.3 Å². The highest BCUT2D eigenvalue weighted by atomic mass is 35.5. The topological polar surface area (TPSA) is 55.8 Å². The highest BCUT2D eigenvalue weighted by Gasteiger charge is 2.46. The van der Waals surface area contributed by atoms with Crippen molar-refractivity contribution in [3.05, 3.63) is 39.6 Å². The van der Waals surface area contributed by atoms with Crippen molar-refractivity contribution in [2.24, 2.45) is 5.41 Å². The maximum absolute atomic E-state index is 13.4. The lowest BCUT2D eigenvalue weighted by molar-refractivity contribution is -0.140. The van der Waals surface area contributed by atoms with Crippen molar-refractivity contribution >= 4 is 23.4 Å². The Labute approximate surface area is 185 Å². The Morgan fingerprint density at radius 1 is 1.29 bits per heavy atom. The second-order valence-electron chi connectivity index (χ2n) is 9.37. The van der Waals surface area contributed by atoms with Gasteiger partial charge in [-0.25, -0.2) is 13.6 Å². The fourth-order valence-electron chi connectivity index (χ4n) is 4.87. The standard InChI is InChI=1S/C23H26ClF2NO4/c1-5-30-22(29)14-10-27-16(9-17(14)28)12-6-15(24)20-13(7-18(31-20)21(25)26)11(12)8-19(27)23(2,3)4/h6,10,16,18-19,21H,5,7-9H2,1-4H3. The van der Waals surface area contributed by atoms with Crippen LogP contribution in [0.3, 0.4) is 0 Å². The molecule has 0 saturated heterocycles. The van der Waals surface area contributed by atoms with Crippen molar-refractivity contribution in [1.29, 1.82) is 0 Å².